The summed E-state index contributed by atoms with van der Waals surface area (Å²) < 4.78 is 39.6. The average Bonchev–Trinajstić information content (AvgIpc) is 2.49. The third kappa shape index (κ3) is 2.84. The highest BCUT2D eigenvalue weighted by molar-refractivity contribution is 7.93. The number of rotatable bonds is 3. The number of benzene rings is 2. The number of phenols is 1. The van der Waals surface area contributed by atoms with Gasteiger partial charge >= 0.3 is 0 Å². The third-order valence-electron chi connectivity index (χ3n) is 2.97. The topological polar surface area (TPSA) is 81.4 Å². The van der Waals surface area contributed by atoms with E-state index in [2.05, 4.69) is 0 Å². The molecule has 2 rings (SSSR count). The fourth-order valence-corrected chi connectivity index (χ4v) is 3.48. The molecular weight excluding hydrogens is 331 g/mol. The lowest BCUT2D eigenvalue weighted by Gasteiger charge is -2.21. The molecule has 0 unspecified atom stereocenters. The Morgan fingerprint density at radius 1 is 1.27 bits per heavy atom. The van der Waals surface area contributed by atoms with Crippen LogP contribution in [-0.4, -0.2) is 20.6 Å². The van der Waals surface area contributed by atoms with Crippen molar-refractivity contribution in [1.82, 2.24) is 0 Å². The zero-order valence-corrected chi connectivity index (χ0v) is 12.9. The van der Waals surface area contributed by atoms with Gasteiger partial charge in [-0.05, 0) is 30.3 Å². The van der Waals surface area contributed by atoms with E-state index in [0.29, 0.717) is 4.31 Å². The monoisotopic (exact) mass is 340 g/mol. The first-order valence-electron chi connectivity index (χ1n) is 5.94. The van der Waals surface area contributed by atoms with E-state index in [-0.39, 0.29) is 26.9 Å². The van der Waals surface area contributed by atoms with E-state index in [1.54, 1.807) is 0 Å². The minimum Gasteiger partial charge on any atom is -0.508 e. The van der Waals surface area contributed by atoms with E-state index < -0.39 is 15.8 Å². The van der Waals surface area contributed by atoms with Crippen LogP contribution in [0.5, 0.6) is 5.75 Å². The molecule has 5 nitrogen and oxygen atoms in total. The quantitative estimate of drug-likeness (QED) is 0.931. The number of sulfonamides is 1. The molecule has 2 aromatic rings. The molecule has 0 fully saturated rings. The van der Waals surface area contributed by atoms with Gasteiger partial charge in [0, 0.05) is 13.1 Å². The molecule has 0 aliphatic carbocycles. The molecule has 0 heterocycles. The van der Waals surface area contributed by atoms with Crippen LogP contribution in [0.2, 0.25) is 5.02 Å². The first-order chi connectivity index (χ1) is 10.3. The largest absolute Gasteiger partial charge is 0.508 e. The molecule has 0 saturated carbocycles. The van der Waals surface area contributed by atoms with Gasteiger partial charge in [-0.15, -0.1) is 0 Å². The Kier molecular flexibility index (Phi) is 4.26. The number of aromatic hydroxyl groups is 1. The maximum atomic E-state index is 13.8. The van der Waals surface area contributed by atoms with Crippen molar-refractivity contribution in [1.29, 1.82) is 5.26 Å². The molecule has 0 aromatic heterocycles. The summed E-state index contributed by atoms with van der Waals surface area (Å²) in [5.41, 5.74) is -0.230. The normalized spacial score (nSPS) is 11.0. The predicted molar refractivity (Wildman–Crippen MR) is 79.8 cm³/mol. The van der Waals surface area contributed by atoms with Gasteiger partial charge in [0.15, 0.2) is 0 Å². The highest BCUT2D eigenvalue weighted by Crippen LogP contribution is 2.31. The number of hydrogen-bond donors (Lipinski definition) is 1. The number of phenolic OH excluding ortho intramolecular Hbond substituents is 1. The lowest BCUT2D eigenvalue weighted by atomic mass is 10.2. The number of nitrogens with zero attached hydrogens (tertiary/aromatic N) is 2. The van der Waals surface area contributed by atoms with Crippen molar-refractivity contribution in [3.8, 4) is 11.8 Å². The number of hydrogen-bond acceptors (Lipinski definition) is 4. The summed E-state index contributed by atoms with van der Waals surface area (Å²) in [5.74, 6) is -1.10. The second-order valence-electron chi connectivity index (χ2n) is 4.37. The maximum Gasteiger partial charge on any atom is 0.265 e. The van der Waals surface area contributed by atoms with Crippen LogP contribution in [0.15, 0.2) is 41.3 Å². The van der Waals surface area contributed by atoms with E-state index in [1.165, 1.54) is 12.1 Å². The minimum atomic E-state index is -4.20. The van der Waals surface area contributed by atoms with Crippen molar-refractivity contribution in [2.45, 2.75) is 4.90 Å². The van der Waals surface area contributed by atoms with Crippen molar-refractivity contribution in [2.24, 2.45) is 0 Å². The fraction of sp³-hybridized carbons (Fsp3) is 0.0714. The lowest BCUT2D eigenvalue weighted by molar-refractivity contribution is 0.473. The fourth-order valence-electron chi connectivity index (χ4n) is 1.79. The Labute approximate surface area is 131 Å². The molecule has 1 N–H and O–H groups in total. The van der Waals surface area contributed by atoms with Crippen LogP contribution in [0.1, 0.15) is 5.56 Å². The van der Waals surface area contributed by atoms with Crippen molar-refractivity contribution in [2.75, 3.05) is 11.4 Å². The van der Waals surface area contributed by atoms with Gasteiger partial charge in [0.25, 0.3) is 10.0 Å². The highest BCUT2D eigenvalue weighted by Gasteiger charge is 2.26. The van der Waals surface area contributed by atoms with E-state index in [9.17, 15) is 17.9 Å². The van der Waals surface area contributed by atoms with Gasteiger partial charge in [-0.3, -0.25) is 4.31 Å². The van der Waals surface area contributed by atoms with Gasteiger partial charge in [0.1, 0.15) is 16.5 Å². The van der Waals surface area contributed by atoms with Gasteiger partial charge < -0.3 is 5.11 Å². The van der Waals surface area contributed by atoms with Gasteiger partial charge in [-0.25, -0.2) is 12.8 Å². The summed E-state index contributed by atoms with van der Waals surface area (Å²) in [6.07, 6.45) is 0. The Morgan fingerprint density at radius 3 is 2.59 bits per heavy atom. The summed E-state index contributed by atoms with van der Waals surface area (Å²) in [6.45, 7) is 0. The van der Waals surface area contributed by atoms with Crippen LogP contribution in [-0.2, 0) is 10.0 Å². The first kappa shape index (κ1) is 16.1. The minimum absolute atomic E-state index is 0.0913. The Hall–Kier alpha value is -2.30. The standard InChI is InChI=1S/C14H10ClFN2O3S/c1-18(13-7-10(19)3-5-12(13)16)22(20,21)14-6-9(8-17)2-4-11(14)15/h2-7,19H,1H3. The van der Waals surface area contributed by atoms with Crippen molar-refractivity contribution in [3.63, 3.8) is 0 Å². The molecule has 0 atom stereocenters. The van der Waals surface area contributed by atoms with E-state index >= 15 is 0 Å². The number of halogens is 2. The van der Waals surface area contributed by atoms with Crippen LogP contribution in [0.3, 0.4) is 0 Å². The molecule has 114 valence electrons. The molecule has 0 bridgehead atoms. The molecule has 0 radical (unpaired) electrons. The van der Waals surface area contributed by atoms with Crippen LogP contribution >= 0.6 is 11.6 Å². The molecular formula is C14H10ClFN2O3S. The van der Waals surface area contributed by atoms with Crippen LogP contribution < -0.4 is 4.31 Å². The zero-order valence-electron chi connectivity index (χ0n) is 11.3. The highest BCUT2D eigenvalue weighted by atomic mass is 35.5. The molecule has 0 amide bonds. The number of anilines is 1. The molecule has 22 heavy (non-hydrogen) atoms. The summed E-state index contributed by atoms with van der Waals surface area (Å²) in [7, 11) is -3.07. The van der Waals surface area contributed by atoms with Crippen molar-refractivity contribution >= 4 is 27.3 Å². The van der Waals surface area contributed by atoms with Gasteiger partial charge in [-0.2, -0.15) is 5.26 Å². The SMILES string of the molecule is CN(c1cc(O)ccc1F)S(=O)(=O)c1cc(C#N)ccc1Cl. The summed E-state index contributed by atoms with van der Waals surface area (Å²) in [4.78, 5) is -0.321. The molecule has 2 aromatic carbocycles. The Bertz CT molecular complexity index is 878. The third-order valence-corrected chi connectivity index (χ3v) is 5.22. The average molecular weight is 341 g/mol. The molecule has 0 aliphatic heterocycles. The van der Waals surface area contributed by atoms with Gasteiger partial charge in [-0.1, -0.05) is 11.6 Å². The van der Waals surface area contributed by atoms with Crippen molar-refractivity contribution < 1.29 is 17.9 Å². The van der Waals surface area contributed by atoms with Crippen LogP contribution in [0, 0.1) is 17.1 Å². The summed E-state index contributed by atoms with van der Waals surface area (Å²) >= 11 is 5.88. The van der Waals surface area contributed by atoms with E-state index in [4.69, 9.17) is 16.9 Å². The maximum absolute atomic E-state index is 13.8. The van der Waals surface area contributed by atoms with Crippen LogP contribution in [0.25, 0.3) is 0 Å². The van der Waals surface area contributed by atoms with E-state index in [1.807, 2.05) is 6.07 Å². The van der Waals surface area contributed by atoms with Crippen molar-refractivity contribution in [3.05, 3.63) is 52.8 Å². The number of nitriles is 1. The molecule has 0 aliphatic rings. The Morgan fingerprint density at radius 2 is 1.95 bits per heavy atom. The smallest absolute Gasteiger partial charge is 0.265 e. The first-order valence-corrected chi connectivity index (χ1v) is 7.76. The lowest BCUT2D eigenvalue weighted by Crippen LogP contribution is -2.27. The molecule has 0 spiro atoms. The molecule has 8 heteroatoms. The second kappa shape index (κ2) is 5.83. The Balaban J connectivity index is 2.60. The molecule has 0 saturated heterocycles. The van der Waals surface area contributed by atoms with Gasteiger partial charge in [0.05, 0.1) is 22.3 Å². The zero-order chi connectivity index (χ0) is 16.5. The van der Waals surface area contributed by atoms with E-state index in [0.717, 1.165) is 31.3 Å². The second-order valence-corrected chi connectivity index (χ2v) is 6.71. The van der Waals surface area contributed by atoms with Gasteiger partial charge in [0.2, 0.25) is 0 Å². The van der Waals surface area contributed by atoms with Crippen LogP contribution in [0.4, 0.5) is 10.1 Å². The summed E-state index contributed by atoms with van der Waals surface area (Å²) in [6, 6.07) is 8.59. The summed E-state index contributed by atoms with van der Waals surface area (Å²) in [5, 5.41) is 18.2. The predicted octanol–water partition coefficient (Wildman–Crippen LogP) is 2.88.